The molecule has 2 rings (SSSR count). The second kappa shape index (κ2) is 9.65. The van der Waals surface area contributed by atoms with Gasteiger partial charge in [-0.3, -0.25) is 4.79 Å². The number of rotatable bonds is 9. The molecule has 0 aliphatic carbocycles. The molecule has 0 aromatic heterocycles. The number of amides is 1. The lowest BCUT2D eigenvalue weighted by Gasteiger charge is -2.11. The van der Waals surface area contributed by atoms with Crippen LogP contribution in [0.15, 0.2) is 47.4 Å². The van der Waals surface area contributed by atoms with Crippen LogP contribution in [0.1, 0.15) is 0 Å². The number of ether oxygens (including phenoxy) is 2. The molecule has 0 spiro atoms. The van der Waals surface area contributed by atoms with Gasteiger partial charge in [0.05, 0.1) is 16.5 Å². The molecule has 146 valence electrons. The summed E-state index contributed by atoms with van der Waals surface area (Å²) >= 11 is 6.04. The first kappa shape index (κ1) is 21.1. The minimum absolute atomic E-state index is 0.0307. The van der Waals surface area contributed by atoms with E-state index in [-0.39, 0.29) is 35.4 Å². The molecule has 0 aliphatic rings. The zero-order valence-electron chi connectivity index (χ0n) is 14.4. The predicted molar refractivity (Wildman–Crippen MR) is 99.0 cm³/mol. The molecule has 1 amide bonds. The minimum Gasteiger partial charge on any atom is -0.482 e. The van der Waals surface area contributed by atoms with Crippen LogP contribution in [0.25, 0.3) is 0 Å². The second-order valence-electron chi connectivity index (χ2n) is 5.33. The van der Waals surface area contributed by atoms with Crippen molar-refractivity contribution in [1.82, 2.24) is 4.72 Å². The van der Waals surface area contributed by atoms with Crippen molar-refractivity contribution in [1.29, 1.82) is 0 Å². The topological polar surface area (TPSA) is 93.7 Å². The molecule has 0 fully saturated rings. The number of carbonyl (C=O) groups is 1. The summed E-state index contributed by atoms with van der Waals surface area (Å²) in [6, 6.07) is 9.29. The Hall–Kier alpha value is -2.20. The summed E-state index contributed by atoms with van der Waals surface area (Å²) < 4.78 is 49.7. The van der Waals surface area contributed by atoms with Crippen molar-refractivity contribution in [2.24, 2.45) is 0 Å². The highest BCUT2D eigenvalue weighted by molar-refractivity contribution is 7.89. The molecule has 7 nitrogen and oxygen atoms in total. The third kappa shape index (κ3) is 6.47. The van der Waals surface area contributed by atoms with E-state index in [1.807, 2.05) is 0 Å². The quantitative estimate of drug-likeness (QED) is 0.612. The summed E-state index contributed by atoms with van der Waals surface area (Å²) in [5, 5.41) is 2.50. The number of methoxy groups -OCH3 is 1. The fourth-order valence-electron chi connectivity index (χ4n) is 2.03. The van der Waals surface area contributed by atoms with Crippen molar-refractivity contribution in [3.63, 3.8) is 0 Å². The number of hydrogen-bond acceptors (Lipinski definition) is 5. The predicted octanol–water partition coefficient (Wildman–Crippen LogP) is 2.42. The van der Waals surface area contributed by atoms with Crippen molar-refractivity contribution >= 4 is 33.2 Å². The average molecular weight is 417 g/mol. The van der Waals surface area contributed by atoms with Crippen LogP contribution in [0.2, 0.25) is 5.02 Å². The monoisotopic (exact) mass is 416 g/mol. The highest BCUT2D eigenvalue weighted by atomic mass is 35.5. The third-order valence-corrected chi connectivity index (χ3v) is 5.03. The van der Waals surface area contributed by atoms with Gasteiger partial charge in [0, 0.05) is 19.3 Å². The number of carbonyl (C=O) groups excluding carboxylic acids is 1. The van der Waals surface area contributed by atoms with Gasteiger partial charge in [-0.15, -0.1) is 0 Å². The summed E-state index contributed by atoms with van der Waals surface area (Å²) in [4.78, 5) is 11.8. The highest BCUT2D eigenvalue weighted by Gasteiger charge is 2.16. The van der Waals surface area contributed by atoms with E-state index in [0.717, 1.165) is 0 Å². The molecular formula is C17H18ClFN2O5S. The fourth-order valence-corrected chi connectivity index (χ4v) is 3.37. The molecule has 2 N–H and O–H groups in total. The Labute approximate surface area is 161 Å². The molecule has 0 radical (unpaired) electrons. The van der Waals surface area contributed by atoms with Crippen molar-refractivity contribution in [2.45, 2.75) is 4.90 Å². The first-order valence-electron chi connectivity index (χ1n) is 7.78. The van der Waals surface area contributed by atoms with E-state index < -0.39 is 21.7 Å². The molecule has 2 aromatic carbocycles. The van der Waals surface area contributed by atoms with Crippen LogP contribution in [-0.2, 0) is 19.6 Å². The normalized spacial score (nSPS) is 11.2. The van der Waals surface area contributed by atoms with E-state index in [1.165, 1.54) is 49.6 Å². The van der Waals surface area contributed by atoms with Crippen LogP contribution in [0.4, 0.5) is 10.1 Å². The van der Waals surface area contributed by atoms with E-state index >= 15 is 0 Å². The Morgan fingerprint density at radius 3 is 2.67 bits per heavy atom. The first-order chi connectivity index (χ1) is 12.8. The van der Waals surface area contributed by atoms with Crippen LogP contribution in [-0.4, -0.2) is 41.2 Å². The van der Waals surface area contributed by atoms with Gasteiger partial charge < -0.3 is 14.8 Å². The van der Waals surface area contributed by atoms with Crippen LogP contribution in [0.5, 0.6) is 5.75 Å². The Bertz CT molecular complexity index is 908. The Balaban J connectivity index is 1.96. The maximum absolute atomic E-state index is 13.1. The molecule has 2 aromatic rings. The Kier molecular flexibility index (Phi) is 7.55. The van der Waals surface area contributed by atoms with Gasteiger partial charge in [-0.05, 0) is 36.4 Å². The van der Waals surface area contributed by atoms with Crippen molar-refractivity contribution in [2.75, 3.05) is 32.2 Å². The van der Waals surface area contributed by atoms with Crippen molar-refractivity contribution in [3.05, 3.63) is 53.3 Å². The fraction of sp³-hybridized carbons (Fsp3) is 0.235. The molecule has 27 heavy (non-hydrogen) atoms. The molecule has 0 bridgehead atoms. The van der Waals surface area contributed by atoms with E-state index in [9.17, 15) is 17.6 Å². The smallest absolute Gasteiger partial charge is 0.262 e. The summed E-state index contributed by atoms with van der Waals surface area (Å²) in [5.41, 5.74) is 0.290. The maximum atomic E-state index is 13.1. The van der Waals surface area contributed by atoms with E-state index in [1.54, 1.807) is 0 Å². The number of hydrogen-bond donors (Lipinski definition) is 2. The number of benzene rings is 2. The van der Waals surface area contributed by atoms with Gasteiger partial charge >= 0.3 is 0 Å². The van der Waals surface area contributed by atoms with Crippen LogP contribution >= 0.6 is 11.6 Å². The number of halogens is 2. The molecule has 0 saturated heterocycles. The lowest BCUT2D eigenvalue weighted by Crippen LogP contribution is -2.27. The van der Waals surface area contributed by atoms with Crippen LogP contribution in [0.3, 0.4) is 0 Å². The lowest BCUT2D eigenvalue weighted by atomic mass is 10.3. The Morgan fingerprint density at radius 2 is 2.00 bits per heavy atom. The maximum Gasteiger partial charge on any atom is 0.262 e. The molecule has 0 aliphatic heterocycles. The van der Waals surface area contributed by atoms with Crippen molar-refractivity contribution < 1.29 is 27.1 Å². The minimum atomic E-state index is -3.73. The van der Waals surface area contributed by atoms with Gasteiger partial charge in [-0.1, -0.05) is 17.7 Å². The van der Waals surface area contributed by atoms with E-state index in [0.29, 0.717) is 5.69 Å². The number of sulfonamides is 1. The second-order valence-corrected chi connectivity index (χ2v) is 7.50. The van der Waals surface area contributed by atoms with Gasteiger partial charge in [0.25, 0.3) is 5.91 Å². The summed E-state index contributed by atoms with van der Waals surface area (Å²) in [6.45, 7) is -0.0298. The number of nitrogens with one attached hydrogen (secondary N) is 2. The standard InChI is InChI=1S/C17H18ClFN2O5S/c1-25-8-7-20-27(23,24)14-5-6-16(15(18)10-14)26-11-17(22)21-13-4-2-3-12(19)9-13/h2-6,9-10,20H,7-8,11H2,1H3,(H,21,22). The van der Waals surface area contributed by atoms with Gasteiger partial charge in [0.2, 0.25) is 10.0 Å². The van der Waals surface area contributed by atoms with Gasteiger partial charge in [0.1, 0.15) is 11.6 Å². The molecular weight excluding hydrogens is 399 g/mol. The van der Waals surface area contributed by atoms with Gasteiger partial charge in [-0.25, -0.2) is 17.5 Å². The summed E-state index contributed by atoms with van der Waals surface area (Å²) in [7, 11) is -2.27. The van der Waals surface area contributed by atoms with E-state index in [2.05, 4.69) is 10.0 Å². The lowest BCUT2D eigenvalue weighted by molar-refractivity contribution is -0.118. The van der Waals surface area contributed by atoms with Gasteiger partial charge in [0.15, 0.2) is 6.61 Å². The van der Waals surface area contributed by atoms with Gasteiger partial charge in [-0.2, -0.15) is 0 Å². The molecule has 0 heterocycles. The first-order valence-corrected chi connectivity index (χ1v) is 9.64. The largest absolute Gasteiger partial charge is 0.482 e. The molecule has 0 atom stereocenters. The number of anilines is 1. The SMILES string of the molecule is COCCNS(=O)(=O)c1ccc(OCC(=O)Nc2cccc(F)c2)c(Cl)c1. The van der Waals surface area contributed by atoms with E-state index in [4.69, 9.17) is 21.1 Å². The zero-order chi connectivity index (χ0) is 19.9. The Morgan fingerprint density at radius 1 is 1.22 bits per heavy atom. The zero-order valence-corrected chi connectivity index (χ0v) is 15.9. The average Bonchev–Trinajstić information content (AvgIpc) is 2.60. The van der Waals surface area contributed by atoms with Crippen LogP contribution in [0, 0.1) is 5.82 Å². The summed E-state index contributed by atoms with van der Waals surface area (Å²) in [5.74, 6) is -0.857. The van der Waals surface area contributed by atoms with Crippen LogP contribution < -0.4 is 14.8 Å². The summed E-state index contributed by atoms with van der Waals surface area (Å²) in [6.07, 6.45) is 0. The molecule has 0 saturated carbocycles. The van der Waals surface area contributed by atoms with Crippen molar-refractivity contribution in [3.8, 4) is 5.75 Å². The third-order valence-electron chi connectivity index (χ3n) is 3.28. The molecule has 10 heteroatoms. The molecule has 0 unspecified atom stereocenters. The highest BCUT2D eigenvalue weighted by Crippen LogP contribution is 2.27.